The molecule has 0 heterocycles. The normalized spacial score (nSPS) is 10.1. The highest BCUT2D eigenvalue weighted by molar-refractivity contribution is 5.99. The summed E-state index contributed by atoms with van der Waals surface area (Å²) in [5.41, 5.74) is 1.52. The number of carbonyl (C=O) groups excluding carboxylic acids is 2. The Morgan fingerprint density at radius 2 is 1.67 bits per heavy atom. The minimum absolute atomic E-state index is 0.108. The van der Waals surface area contributed by atoms with E-state index in [1.165, 1.54) is 18.2 Å². The van der Waals surface area contributed by atoms with Crippen LogP contribution in [0.5, 0.6) is 5.75 Å². The van der Waals surface area contributed by atoms with E-state index in [1.54, 1.807) is 24.3 Å². The van der Waals surface area contributed by atoms with Gasteiger partial charge in [-0.05, 0) is 35.9 Å². The number of hydrogen-bond acceptors (Lipinski definition) is 5. The molecular weight excluding hydrogens is 386 g/mol. The zero-order valence-corrected chi connectivity index (χ0v) is 15.9. The fourth-order valence-corrected chi connectivity index (χ4v) is 2.60. The molecule has 0 spiro atoms. The van der Waals surface area contributed by atoms with Gasteiger partial charge < -0.3 is 15.4 Å². The van der Waals surface area contributed by atoms with Gasteiger partial charge in [0.05, 0.1) is 11.5 Å². The summed E-state index contributed by atoms with van der Waals surface area (Å²) in [4.78, 5) is 34.3. The molecular formula is C22H19N3O5. The number of rotatable bonds is 8. The molecule has 3 rings (SSSR count). The van der Waals surface area contributed by atoms with E-state index in [0.717, 1.165) is 11.6 Å². The van der Waals surface area contributed by atoms with Crippen molar-refractivity contribution in [2.24, 2.45) is 0 Å². The first-order valence-electron chi connectivity index (χ1n) is 9.10. The van der Waals surface area contributed by atoms with Crippen LogP contribution in [0.4, 0.5) is 11.4 Å². The Bertz CT molecular complexity index is 1040. The summed E-state index contributed by atoms with van der Waals surface area (Å²) in [5, 5.41) is 15.9. The number of ether oxygens (including phenoxy) is 1. The molecule has 30 heavy (non-hydrogen) atoms. The monoisotopic (exact) mass is 405 g/mol. The van der Waals surface area contributed by atoms with Crippen LogP contribution in [-0.4, -0.2) is 23.3 Å². The van der Waals surface area contributed by atoms with Gasteiger partial charge in [-0.1, -0.05) is 36.4 Å². The summed E-state index contributed by atoms with van der Waals surface area (Å²) in [6.07, 6.45) is 0. The van der Waals surface area contributed by atoms with Crippen molar-refractivity contribution in [3.63, 3.8) is 0 Å². The lowest BCUT2D eigenvalue weighted by Crippen LogP contribution is -2.32. The van der Waals surface area contributed by atoms with Gasteiger partial charge in [0.25, 0.3) is 11.6 Å². The SMILES string of the molecule is O=C(CNC(=O)c1cccc([N+](=O)[O-])c1)Nc1ccc(OCc2ccccc2)cc1. The van der Waals surface area contributed by atoms with Crippen molar-refractivity contribution in [2.75, 3.05) is 11.9 Å². The Balaban J connectivity index is 1.47. The van der Waals surface area contributed by atoms with Crippen molar-refractivity contribution in [1.82, 2.24) is 5.32 Å². The average molecular weight is 405 g/mol. The number of hydrogen-bond donors (Lipinski definition) is 2. The molecule has 0 radical (unpaired) electrons. The van der Waals surface area contributed by atoms with Gasteiger partial charge in [-0.2, -0.15) is 0 Å². The van der Waals surface area contributed by atoms with Crippen LogP contribution in [0, 0.1) is 10.1 Å². The second-order valence-corrected chi connectivity index (χ2v) is 6.34. The number of amides is 2. The molecule has 8 nitrogen and oxygen atoms in total. The maximum absolute atomic E-state index is 12.1. The lowest BCUT2D eigenvalue weighted by molar-refractivity contribution is -0.384. The van der Waals surface area contributed by atoms with Gasteiger partial charge in [0.15, 0.2) is 0 Å². The smallest absolute Gasteiger partial charge is 0.270 e. The minimum Gasteiger partial charge on any atom is -0.489 e. The molecule has 0 bridgehead atoms. The fraction of sp³-hybridized carbons (Fsp3) is 0.0909. The van der Waals surface area contributed by atoms with Crippen LogP contribution >= 0.6 is 0 Å². The molecule has 2 N–H and O–H groups in total. The van der Waals surface area contributed by atoms with Crippen molar-refractivity contribution >= 4 is 23.2 Å². The van der Waals surface area contributed by atoms with E-state index >= 15 is 0 Å². The summed E-state index contributed by atoms with van der Waals surface area (Å²) in [6.45, 7) is 0.171. The molecule has 0 saturated heterocycles. The lowest BCUT2D eigenvalue weighted by Gasteiger charge is -2.09. The van der Waals surface area contributed by atoms with E-state index in [9.17, 15) is 19.7 Å². The summed E-state index contributed by atoms with van der Waals surface area (Å²) in [5.74, 6) is -0.332. The molecule has 0 atom stereocenters. The van der Waals surface area contributed by atoms with Gasteiger partial charge in [-0.25, -0.2) is 0 Å². The van der Waals surface area contributed by atoms with E-state index < -0.39 is 16.7 Å². The zero-order valence-electron chi connectivity index (χ0n) is 15.9. The van der Waals surface area contributed by atoms with Crippen LogP contribution < -0.4 is 15.4 Å². The maximum atomic E-state index is 12.1. The standard InChI is InChI=1S/C22H19N3O5/c26-21(14-23-22(27)17-7-4-8-19(13-17)25(28)29)24-18-9-11-20(12-10-18)30-15-16-5-2-1-3-6-16/h1-13H,14-15H2,(H,23,27)(H,24,26). The topological polar surface area (TPSA) is 111 Å². The van der Waals surface area contributed by atoms with Gasteiger partial charge in [0.1, 0.15) is 12.4 Å². The third-order valence-corrected chi connectivity index (χ3v) is 4.12. The van der Waals surface area contributed by atoms with E-state index in [2.05, 4.69) is 10.6 Å². The van der Waals surface area contributed by atoms with Crippen LogP contribution in [0.1, 0.15) is 15.9 Å². The number of nitrogens with one attached hydrogen (secondary N) is 2. The number of carbonyl (C=O) groups is 2. The fourth-order valence-electron chi connectivity index (χ4n) is 2.60. The number of anilines is 1. The predicted molar refractivity (Wildman–Crippen MR) is 111 cm³/mol. The highest BCUT2D eigenvalue weighted by Gasteiger charge is 2.12. The van der Waals surface area contributed by atoms with Crippen LogP contribution in [0.15, 0.2) is 78.9 Å². The Kier molecular flexibility index (Phi) is 6.73. The molecule has 0 saturated carbocycles. The largest absolute Gasteiger partial charge is 0.489 e. The Morgan fingerprint density at radius 1 is 0.933 bits per heavy atom. The predicted octanol–water partition coefficient (Wildman–Crippen LogP) is 3.54. The van der Waals surface area contributed by atoms with Crippen molar-refractivity contribution in [3.05, 3.63) is 100 Å². The van der Waals surface area contributed by atoms with Crippen LogP contribution in [0.3, 0.4) is 0 Å². The quantitative estimate of drug-likeness (QED) is 0.440. The Morgan fingerprint density at radius 3 is 2.37 bits per heavy atom. The number of non-ortho nitro benzene ring substituents is 1. The molecule has 0 fully saturated rings. The number of benzene rings is 3. The van der Waals surface area contributed by atoms with Crippen LogP contribution in [-0.2, 0) is 11.4 Å². The van der Waals surface area contributed by atoms with Gasteiger partial charge in [0, 0.05) is 23.4 Å². The van der Waals surface area contributed by atoms with Crippen LogP contribution in [0.2, 0.25) is 0 Å². The second kappa shape index (κ2) is 9.83. The zero-order chi connectivity index (χ0) is 21.3. The Hall–Kier alpha value is -4.20. The highest BCUT2D eigenvalue weighted by Crippen LogP contribution is 2.17. The maximum Gasteiger partial charge on any atom is 0.270 e. The van der Waals surface area contributed by atoms with Gasteiger partial charge >= 0.3 is 0 Å². The van der Waals surface area contributed by atoms with E-state index in [4.69, 9.17) is 4.74 Å². The summed E-state index contributed by atoms with van der Waals surface area (Å²) >= 11 is 0. The lowest BCUT2D eigenvalue weighted by atomic mass is 10.2. The number of nitro benzene ring substituents is 1. The third kappa shape index (κ3) is 5.90. The van der Waals surface area contributed by atoms with Gasteiger partial charge in [-0.15, -0.1) is 0 Å². The van der Waals surface area contributed by atoms with Crippen molar-refractivity contribution < 1.29 is 19.2 Å². The molecule has 0 aliphatic carbocycles. The first-order valence-corrected chi connectivity index (χ1v) is 9.10. The first kappa shape index (κ1) is 20.5. The molecule has 0 unspecified atom stereocenters. The van der Waals surface area contributed by atoms with E-state index in [-0.39, 0.29) is 17.8 Å². The molecule has 0 aliphatic heterocycles. The summed E-state index contributed by atoms with van der Waals surface area (Å²) < 4.78 is 5.69. The Labute approximate surface area is 172 Å². The third-order valence-electron chi connectivity index (χ3n) is 4.12. The van der Waals surface area contributed by atoms with Crippen molar-refractivity contribution in [2.45, 2.75) is 6.61 Å². The molecule has 3 aromatic rings. The molecule has 0 aliphatic rings. The molecule has 8 heteroatoms. The minimum atomic E-state index is -0.587. The van der Waals surface area contributed by atoms with Crippen molar-refractivity contribution in [1.29, 1.82) is 0 Å². The molecule has 2 amide bonds. The van der Waals surface area contributed by atoms with E-state index in [1.807, 2.05) is 30.3 Å². The molecule has 3 aromatic carbocycles. The van der Waals surface area contributed by atoms with Gasteiger partial charge in [-0.3, -0.25) is 19.7 Å². The summed E-state index contributed by atoms with van der Waals surface area (Å²) in [7, 11) is 0. The molecule has 152 valence electrons. The second-order valence-electron chi connectivity index (χ2n) is 6.34. The van der Waals surface area contributed by atoms with Crippen molar-refractivity contribution in [3.8, 4) is 5.75 Å². The van der Waals surface area contributed by atoms with Crippen LogP contribution in [0.25, 0.3) is 0 Å². The molecule has 0 aromatic heterocycles. The van der Waals surface area contributed by atoms with Gasteiger partial charge in [0.2, 0.25) is 5.91 Å². The highest BCUT2D eigenvalue weighted by atomic mass is 16.6. The number of nitro groups is 1. The average Bonchev–Trinajstić information content (AvgIpc) is 2.78. The summed E-state index contributed by atoms with van der Waals surface area (Å²) in [6, 6.07) is 21.9. The first-order chi connectivity index (χ1) is 14.5. The van der Waals surface area contributed by atoms with E-state index in [0.29, 0.717) is 18.0 Å². The number of nitrogens with zero attached hydrogens (tertiary/aromatic N) is 1.